The van der Waals surface area contributed by atoms with Crippen molar-refractivity contribution < 1.29 is 80.2 Å². The standard InChI is InChI=1S/C69H134O17P2/c1-7-9-11-13-14-15-16-17-18-19-20-23-27-30-35-41-47-53-68(73)86-65(58-80-67(72)52-46-40-34-29-26-24-21-22-25-28-32-38-43-49-61(3)4)60-84-88(77,78)82-56-63(70)55-81-87(75,76)83-59-64(57-79-66(71)51-45-37-12-10-8-2)85-69(74)54-48-42-36-31-33-39-44-50-62(5)6/h61-65,70H,7-60H2,1-6H3,(H,75,76)(H,77,78)/t63-,64+,65+/m0/s1. The van der Waals surface area contributed by atoms with Crippen LogP contribution in [0.1, 0.15) is 350 Å². The Morgan fingerprint density at radius 2 is 0.523 bits per heavy atom. The van der Waals surface area contributed by atoms with E-state index in [1.807, 2.05) is 0 Å². The summed E-state index contributed by atoms with van der Waals surface area (Å²) in [6.45, 7) is 9.41. The Morgan fingerprint density at radius 1 is 0.307 bits per heavy atom. The van der Waals surface area contributed by atoms with Gasteiger partial charge in [0, 0.05) is 25.7 Å². The number of aliphatic hydroxyl groups excluding tert-OH is 1. The maximum atomic E-state index is 13.0. The lowest BCUT2D eigenvalue weighted by Crippen LogP contribution is -2.30. The van der Waals surface area contributed by atoms with Crippen molar-refractivity contribution in [1.29, 1.82) is 0 Å². The van der Waals surface area contributed by atoms with Crippen LogP contribution in [0.4, 0.5) is 0 Å². The van der Waals surface area contributed by atoms with Crippen LogP contribution >= 0.6 is 15.6 Å². The number of esters is 4. The van der Waals surface area contributed by atoms with Gasteiger partial charge in [-0.1, -0.05) is 298 Å². The Hall–Kier alpha value is -1.94. The van der Waals surface area contributed by atoms with Gasteiger partial charge < -0.3 is 33.8 Å². The average molecular weight is 1300 g/mol. The summed E-state index contributed by atoms with van der Waals surface area (Å²) in [4.78, 5) is 72.2. The lowest BCUT2D eigenvalue weighted by atomic mass is 10.0. The minimum Gasteiger partial charge on any atom is -0.462 e. The number of carbonyl (C=O) groups excluding carboxylic acids is 4. The van der Waals surface area contributed by atoms with Gasteiger partial charge in [-0.3, -0.25) is 37.3 Å². The summed E-state index contributed by atoms with van der Waals surface area (Å²) < 4.78 is 68.0. The zero-order valence-corrected chi connectivity index (χ0v) is 58.8. The van der Waals surface area contributed by atoms with E-state index in [4.69, 9.17) is 37.0 Å². The highest BCUT2D eigenvalue weighted by Gasteiger charge is 2.30. The normalized spacial score (nSPS) is 14.2. The summed E-state index contributed by atoms with van der Waals surface area (Å²) in [5, 5.41) is 10.5. The van der Waals surface area contributed by atoms with Crippen molar-refractivity contribution in [2.45, 2.75) is 368 Å². The van der Waals surface area contributed by atoms with Crippen LogP contribution in [0.2, 0.25) is 0 Å². The Bertz CT molecular complexity index is 1720. The fraction of sp³-hybridized carbons (Fsp3) is 0.942. The first kappa shape index (κ1) is 86.1. The van der Waals surface area contributed by atoms with Gasteiger partial charge in [0.2, 0.25) is 0 Å². The lowest BCUT2D eigenvalue weighted by molar-refractivity contribution is -0.161. The Morgan fingerprint density at radius 3 is 0.773 bits per heavy atom. The third-order valence-electron chi connectivity index (χ3n) is 16.0. The first-order chi connectivity index (χ1) is 42.4. The smallest absolute Gasteiger partial charge is 0.462 e. The second-order valence-electron chi connectivity index (χ2n) is 25.9. The van der Waals surface area contributed by atoms with Gasteiger partial charge in [0.1, 0.15) is 19.3 Å². The van der Waals surface area contributed by atoms with Crippen LogP contribution in [-0.4, -0.2) is 96.7 Å². The lowest BCUT2D eigenvalue weighted by Gasteiger charge is -2.21. The molecule has 0 saturated carbocycles. The minimum absolute atomic E-state index is 0.103. The molecular weight excluding hydrogens is 1160 g/mol. The van der Waals surface area contributed by atoms with E-state index in [0.29, 0.717) is 31.6 Å². The summed E-state index contributed by atoms with van der Waals surface area (Å²) in [7, 11) is -9.89. The zero-order chi connectivity index (χ0) is 65.0. The van der Waals surface area contributed by atoms with E-state index in [0.717, 1.165) is 102 Å². The predicted molar refractivity (Wildman–Crippen MR) is 354 cm³/mol. The molecule has 0 radical (unpaired) electrons. The molecule has 3 N–H and O–H groups in total. The summed E-state index contributed by atoms with van der Waals surface area (Å²) >= 11 is 0. The largest absolute Gasteiger partial charge is 0.472 e. The molecule has 0 aliphatic rings. The predicted octanol–water partition coefficient (Wildman–Crippen LogP) is 19.6. The van der Waals surface area contributed by atoms with Gasteiger partial charge in [-0.05, 0) is 37.5 Å². The maximum absolute atomic E-state index is 13.0. The van der Waals surface area contributed by atoms with Crippen LogP contribution in [-0.2, 0) is 65.4 Å². The van der Waals surface area contributed by atoms with Crippen molar-refractivity contribution >= 4 is 39.5 Å². The second-order valence-corrected chi connectivity index (χ2v) is 28.8. The molecule has 0 heterocycles. The maximum Gasteiger partial charge on any atom is 0.472 e. The van der Waals surface area contributed by atoms with E-state index < -0.39 is 97.5 Å². The van der Waals surface area contributed by atoms with Crippen LogP contribution in [0.15, 0.2) is 0 Å². The van der Waals surface area contributed by atoms with Crippen molar-refractivity contribution in [3.8, 4) is 0 Å². The van der Waals surface area contributed by atoms with Crippen molar-refractivity contribution in [1.82, 2.24) is 0 Å². The molecule has 0 saturated heterocycles. The number of hydrogen-bond acceptors (Lipinski definition) is 15. The second kappa shape index (κ2) is 61.3. The number of hydrogen-bond donors (Lipinski definition) is 3. The number of carbonyl (C=O) groups is 4. The van der Waals surface area contributed by atoms with E-state index in [1.54, 1.807) is 0 Å². The molecule has 88 heavy (non-hydrogen) atoms. The molecule has 0 bridgehead atoms. The van der Waals surface area contributed by atoms with E-state index >= 15 is 0 Å². The molecule has 0 spiro atoms. The number of unbranched alkanes of at least 4 members (excludes halogenated alkanes) is 38. The van der Waals surface area contributed by atoms with Gasteiger partial charge in [0.15, 0.2) is 12.2 Å². The van der Waals surface area contributed by atoms with E-state index in [-0.39, 0.29) is 25.7 Å². The summed E-state index contributed by atoms with van der Waals surface area (Å²) in [6.07, 6.45) is 46.3. The summed E-state index contributed by atoms with van der Waals surface area (Å²) in [5.41, 5.74) is 0. The molecule has 522 valence electrons. The van der Waals surface area contributed by atoms with E-state index in [1.165, 1.54) is 161 Å². The third kappa shape index (κ3) is 62.8. The first-order valence-corrected chi connectivity index (χ1v) is 39.0. The molecule has 0 rings (SSSR count). The highest BCUT2D eigenvalue weighted by atomic mass is 31.2. The Labute approximate surface area is 537 Å². The fourth-order valence-electron chi connectivity index (χ4n) is 10.4. The van der Waals surface area contributed by atoms with Crippen LogP contribution in [0.5, 0.6) is 0 Å². The van der Waals surface area contributed by atoms with Crippen LogP contribution in [0.25, 0.3) is 0 Å². The number of aliphatic hydroxyl groups is 1. The molecule has 2 unspecified atom stereocenters. The number of phosphoric acid groups is 2. The molecule has 0 fully saturated rings. The first-order valence-electron chi connectivity index (χ1n) is 36.0. The summed E-state index contributed by atoms with van der Waals surface area (Å²) in [5.74, 6) is -0.651. The molecule has 0 aliphatic heterocycles. The molecule has 5 atom stereocenters. The fourth-order valence-corrected chi connectivity index (χ4v) is 12.0. The van der Waals surface area contributed by atoms with Gasteiger partial charge in [-0.2, -0.15) is 0 Å². The molecule has 17 nitrogen and oxygen atoms in total. The number of phosphoric ester groups is 2. The number of rotatable bonds is 68. The van der Waals surface area contributed by atoms with Crippen LogP contribution in [0.3, 0.4) is 0 Å². The van der Waals surface area contributed by atoms with Gasteiger partial charge >= 0.3 is 39.5 Å². The average Bonchev–Trinajstić information content (AvgIpc) is 3.65. The van der Waals surface area contributed by atoms with E-state index in [2.05, 4.69) is 41.5 Å². The third-order valence-corrected chi connectivity index (χ3v) is 17.9. The SMILES string of the molecule is CCCCCCCCCCCCCCCCCCCC(=O)O[C@H](COC(=O)CCCCCCCCCCCCCCCC(C)C)COP(=O)(O)OC[C@@H](O)COP(=O)(O)OC[C@@H](COC(=O)CCCCCCC)OC(=O)CCCCCCCCCC(C)C. The molecule has 0 aromatic carbocycles. The van der Waals surface area contributed by atoms with Crippen molar-refractivity contribution in [3.63, 3.8) is 0 Å². The van der Waals surface area contributed by atoms with Gasteiger partial charge in [-0.25, -0.2) is 9.13 Å². The van der Waals surface area contributed by atoms with Gasteiger partial charge in [-0.15, -0.1) is 0 Å². The molecule has 0 aromatic rings. The molecule has 19 heteroatoms. The van der Waals surface area contributed by atoms with Crippen LogP contribution in [0, 0.1) is 11.8 Å². The van der Waals surface area contributed by atoms with Crippen molar-refractivity contribution in [3.05, 3.63) is 0 Å². The Balaban J connectivity index is 5.15. The molecule has 0 aromatic heterocycles. The topological polar surface area (TPSA) is 237 Å². The van der Waals surface area contributed by atoms with Crippen LogP contribution < -0.4 is 0 Å². The highest BCUT2D eigenvalue weighted by molar-refractivity contribution is 7.47. The number of ether oxygens (including phenoxy) is 4. The molecular formula is C69H134O17P2. The van der Waals surface area contributed by atoms with Gasteiger partial charge in [0.05, 0.1) is 26.4 Å². The zero-order valence-electron chi connectivity index (χ0n) is 57.0. The molecule has 0 aliphatic carbocycles. The Kier molecular flexibility index (Phi) is 59.9. The minimum atomic E-state index is -4.95. The van der Waals surface area contributed by atoms with Gasteiger partial charge in [0.25, 0.3) is 0 Å². The van der Waals surface area contributed by atoms with Crippen molar-refractivity contribution in [2.24, 2.45) is 11.8 Å². The quantitative estimate of drug-likeness (QED) is 0.0222. The van der Waals surface area contributed by atoms with E-state index in [9.17, 15) is 43.2 Å². The monoisotopic (exact) mass is 1300 g/mol. The van der Waals surface area contributed by atoms with Crippen molar-refractivity contribution in [2.75, 3.05) is 39.6 Å². The molecule has 0 amide bonds. The highest BCUT2D eigenvalue weighted by Crippen LogP contribution is 2.45. The summed E-state index contributed by atoms with van der Waals surface area (Å²) in [6, 6.07) is 0.